The fourth-order valence-electron chi connectivity index (χ4n) is 4.31. The van der Waals surface area contributed by atoms with Gasteiger partial charge in [-0.15, -0.1) is 0 Å². The molecule has 0 bridgehead atoms. The van der Waals surface area contributed by atoms with E-state index in [4.69, 9.17) is 0 Å². The number of Topliss-reactive ketones (excluding diaryl/α,β-unsaturated/α-hetero) is 1. The van der Waals surface area contributed by atoms with Gasteiger partial charge in [0.25, 0.3) is 0 Å². The van der Waals surface area contributed by atoms with Crippen molar-refractivity contribution >= 4 is 5.78 Å². The van der Waals surface area contributed by atoms with Crippen molar-refractivity contribution in [2.24, 2.45) is 0 Å². The lowest BCUT2D eigenvalue weighted by atomic mass is 9.81. The molecule has 2 nitrogen and oxygen atoms in total. The number of carbonyl (C=O) groups is 1. The Morgan fingerprint density at radius 1 is 0.852 bits per heavy atom. The third kappa shape index (κ3) is 8.17. The van der Waals surface area contributed by atoms with E-state index in [1.54, 1.807) is 0 Å². The van der Waals surface area contributed by atoms with Gasteiger partial charge in [0, 0.05) is 18.0 Å². The molecule has 0 heterocycles. The third-order valence-electron chi connectivity index (χ3n) is 6.12. The van der Waals surface area contributed by atoms with E-state index in [0.717, 1.165) is 18.5 Å². The van der Waals surface area contributed by atoms with E-state index in [-0.39, 0.29) is 0 Å². The summed E-state index contributed by atoms with van der Waals surface area (Å²) in [7, 11) is 0. The molecule has 1 saturated carbocycles. The van der Waals surface area contributed by atoms with Crippen LogP contribution >= 0.6 is 0 Å². The first kappa shape index (κ1) is 22.1. The molecule has 2 rings (SSSR count). The standard InChI is InChI=1S/C25H41NO/c1-3-5-6-7-8-9-10-11-25(27)23-14-12-21(13-15-23)22-16-18-24(19-17-22)26-20-4-2/h12-15,22,24,26H,3-11,16-20H2,1-2H3. The minimum Gasteiger partial charge on any atom is -0.314 e. The van der Waals surface area contributed by atoms with Crippen LogP contribution in [0.5, 0.6) is 0 Å². The number of rotatable bonds is 13. The van der Waals surface area contributed by atoms with E-state index in [9.17, 15) is 4.79 Å². The van der Waals surface area contributed by atoms with Crippen LogP contribution in [0, 0.1) is 0 Å². The van der Waals surface area contributed by atoms with Crippen molar-refractivity contribution < 1.29 is 4.79 Å². The molecular formula is C25H41NO. The quantitative estimate of drug-likeness (QED) is 0.298. The van der Waals surface area contributed by atoms with Gasteiger partial charge in [0.05, 0.1) is 0 Å². The number of hydrogen-bond acceptors (Lipinski definition) is 2. The van der Waals surface area contributed by atoms with Crippen molar-refractivity contribution in [1.82, 2.24) is 5.32 Å². The molecule has 0 saturated heterocycles. The largest absolute Gasteiger partial charge is 0.314 e. The Bertz CT molecular complexity index is 514. The highest BCUT2D eigenvalue weighted by molar-refractivity contribution is 5.96. The molecular weight excluding hydrogens is 330 g/mol. The van der Waals surface area contributed by atoms with Gasteiger partial charge in [0.2, 0.25) is 0 Å². The molecule has 0 unspecified atom stereocenters. The van der Waals surface area contributed by atoms with Crippen molar-refractivity contribution in [3.8, 4) is 0 Å². The zero-order valence-electron chi connectivity index (χ0n) is 17.8. The number of unbranched alkanes of at least 4 members (excludes halogenated alkanes) is 6. The summed E-state index contributed by atoms with van der Waals surface area (Å²) in [5.74, 6) is 1.000. The number of nitrogens with one attached hydrogen (secondary N) is 1. The first-order chi connectivity index (χ1) is 13.2. The zero-order chi connectivity index (χ0) is 19.3. The SMILES string of the molecule is CCCCCCCCCC(=O)c1ccc(C2CCC(NCCC)CC2)cc1. The van der Waals surface area contributed by atoms with Crippen molar-refractivity contribution in [3.63, 3.8) is 0 Å². The van der Waals surface area contributed by atoms with Gasteiger partial charge in [0.1, 0.15) is 0 Å². The molecule has 152 valence electrons. The second kappa shape index (κ2) is 13.1. The molecule has 0 radical (unpaired) electrons. The average Bonchev–Trinajstić information content (AvgIpc) is 2.72. The summed E-state index contributed by atoms with van der Waals surface area (Å²) in [5, 5.41) is 3.66. The molecule has 0 atom stereocenters. The topological polar surface area (TPSA) is 29.1 Å². The minimum absolute atomic E-state index is 0.322. The molecule has 1 aromatic rings. The van der Waals surface area contributed by atoms with Crippen LogP contribution in [0.15, 0.2) is 24.3 Å². The molecule has 2 heteroatoms. The summed E-state index contributed by atoms with van der Waals surface area (Å²) in [4.78, 5) is 12.4. The van der Waals surface area contributed by atoms with E-state index < -0.39 is 0 Å². The van der Waals surface area contributed by atoms with Crippen LogP contribution in [0.3, 0.4) is 0 Å². The van der Waals surface area contributed by atoms with Gasteiger partial charge >= 0.3 is 0 Å². The summed E-state index contributed by atoms with van der Waals surface area (Å²) >= 11 is 0. The summed E-state index contributed by atoms with van der Waals surface area (Å²) in [5.41, 5.74) is 2.33. The Kier molecular flexibility index (Phi) is 10.7. The van der Waals surface area contributed by atoms with Crippen LogP contribution in [0.25, 0.3) is 0 Å². The van der Waals surface area contributed by atoms with Gasteiger partial charge in [-0.05, 0) is 56.6 Å². The van der Waals surface area contributed by atoms with Crippen LogP contribution in [0.1, 0.15) is 119 Å². The molecule has 27 heavy (non-hydrogen) atoms. The molecule has 1 fully saturated rings. The first-order valence-corrected chi connectivity index (χ1v) is 11.6. The Labute approximate surface area is 167 Å². The molecule has 0 aromatic heterocycles. The van der Waals surface area contributed by atoms with Crippen LogP contribution in [0.4, 0.5) is 0 Å². The monoisotopic (exact) mass is 371 g/mol. The molecule has 1 aromatic carbocycles. The number of carbonyl (C=O) groups excluding carboxylic acids is 1. The van der Waals surface area contributed by atoms with Gasteiger partial charge in [-0.25, -0.2) is 0 Å². The molecule has 1 aliphatic carbocycles. The summed E-state index contributed by atoms with van der Waals surface area (Å²) in [6, 6.07) is 9.27. The van der Waals surface area contributed by atoms with Crippen LogP contribution in [-0.4, -0.2) is 18.4 Å². The maximum Gasteiger partial charge on any atom is 0.162 e. The second-order valence-electron chi connectivity index (χ2n) is 8.42. The van der Waals surface area contributed by atoms with E-state index in [1.165, 1.54) is 76.2 Å². The Morgan fingerprint density at radius 3 is 2.11 bits per heavy atom. The second-order valence-corrected chi connectivity index (χ2v) is 8.42. The Morgan fingerprint density at radius 2 is 1.48 bits per heavy atom. The molecule has 0 amide bonds. The van der Waals surface area contributed by atoms with Gasteiger partial charge in [-0.1, -0.05) is 76.6 Å². The lowest BCUT2D eigenvalue weighted by Crippen LogP contribution is -2.33. The van der Waals surface area contributed by atoms with Crippen molar-refractivity contribution in [2.75, 3.05) is 6.54 Å². The highest BCUT2D eigenvalue weighted by atomic mass is 16.1. The normalized spacial score (nSPS) is 19.9. The van der Waals surface area contributed by atoms with Crippen LogP contribution < -0.4 is 5.32 Å². The maximum absolute atomic E-state index is 12.4. The molecule has 0 aliphatic heterocycles. The first-order valence-electron chi connectivity index (χ1n) is 11.6. The van der Waals surface area contributed by atoms with Crippen molar-refractivity contribution in [2.45, 2.75) is 109 Å². The average molecular weight is 372 g/mol. The lowest BCUT2D eigenvalue weighted by molar-refractivity contribution is 0.0979. The highest BCUT2D eigenvalue weighted by Crippen LogP contribution is 2.33. The predicted molar refractivity (Wildman–Crippen MR) is 117 cm³/mol. The fraction of sp³-hybridized carbons (Fsp3) is 0.720. The summed E-state index contributed by atoms with van der Waals surface area (Å²) in [6.45, 7) is 5.62. The van der Waals surface area contributed by atoms with Gasteiger partial charge in [0.15, 0.2) is 5.78 Å². The van der Waals surface area contributed by atoms with Crippen LogP contribution in [-0.2, 0) is 0 Å². The smallest absolute Gasteiger partial charge is 0.162 e. The summed E-state index contributed by atoms with van der Waals surface area (Å²) < 4.78 is 0. The number of hydrogen-bond donors (Lipinski definition) is 1. The Hall–Kier alpha value is -1.15. The Balaban J connectivity index is 1.68. The van der Waals surface area contributed by atoms with Crippen LogP contribution in [0.2, 0.25) is 0 Å². The van der Waals surface area contributed by atoms with E-state index in [0.29, 0.717) is 24.2 Å². The minimum atomic E-state index is 0.322. The summed E-state index contributed by atoms with van der Waals surface area (Å²) in [6.07, 6.45) is 15.9. The van der Waals surface area contributed by atoms with Crippen molar-refractivity contribution in [1.29, 1.82) is 0 Å². The third-order valence-corrected chi connectivity index (χ3v) is 6.12. The van der Waals surface area contributed by atoms with E-state index in [1.807, 2.05) is 0 Å². The van der Waals surface area contributed by atoms with Crippen molar-refractivity contribution in [3.05, 3.63) is 35.4 Å². The van der Waals surface area contributed by atoms with Gasteiger partial charge < -0.3 is 5.32 Å². The maximum atomic E-state index is 12.4. The van der Waals surface area contributed by atoms with Gasteiger partial charge in [-0.2, -0.15) is 0 Å². The number of ketones is 1. The predicted octanol–water partition coefficient (Wildman–Crippen LogP) is 7.04. The molecule has 1 N–H and O–H groups in total. The fourth-order valence-corrected chi connectivity index (χ4v) is 4.31. The lowest BCUT2D eigenvalue weighted by Gasteiger charge is -2.29. The number of benzene rings is 1. The molecule has 1 aliphatic rings. The van der Waals surface area contributed by atoms with Gasteiger partial charge in [-0.3, -0.25) is 4.79 Å². The van der Waals surface area contributed by atoms with E-state index >= 15 is 0 Å². The molecule has 0 spiro atoms. The van der Waals surface area contributed by atoms with E-state index in [2.05, 4.69) is 43.4 Å². The highest BCUT2D eigenvalue weighted by Gasteiger charge is 2.21. The zero-order valence-corrected chi connectivity index (χ0v) is 17.8.